The number of rotatable bonds is 2. The van der Waals surface area contributed by atoms with Crippen molar-refractivity contribution in [3.8, 4) is 22.4 Å². The van der Waals surface area contributed by atoms with E-state index in [4.69, 9.17) is 33.5 Å². The van der Waals surface area contributed by atoms with Gasteiger partial charge in [-0.15, -0.1) is 0 Å². The molecule has 0 saturated carbocycles. The zero-order chi connectivity index (χ0) is 14.1. The number of anilines is 1. The first-order chi connectivity index (χ1) is 9.66. The van der Waals surface area contributed by atoms with Gasteiger partial charge in [0.2, 0.25) is 5.88 Å². The number of nitrogens with zero attached hydrogens (tertiary/aromatic N) is 2. The van der Waals surface area contributed by atoms with Gasteiger partial charge in [-0.3, -0.25) is 4.98 Å². The van der Waals surface area contributed by atoms with Crippen LogP contribution in [0.15, 0.2) is 47.2 Å². The van der Waals surface area contributed by atoms with Crippen molar-refractivity contribution in [2.24, 2.45) is 0 Å². The lowest BCUT2D eigenvalue weighted by Crippen LogP contribution is -1.88. The summed E-state index contributed by atoms with van der Waals surface area (Å²) in [7, 11) is 0. The van der Waals surface area contributed by atoms with Crippen molar-refractivity contribution in [1.29, 1.82) is 0 Å². The molecule has 3 aromatic rings. The molecule has 3 rings (SSSR count). The number of pyridine rings is 1. The Morgan fingerprint density at radius 2 is 1.90 bits per heavy atom. The summed E-state index contributed by atoms with van der Waals surface area (Å²) in [4.78, 5) is 4.07. The largest absolute Gasteiger partial charge is 0.367 e. The summed E-state index contributed by atoms with van der Waals surface area (Å²) in [6.07, 6.45) is 3.38. The van der Waals surface area contributed by atoms with Crippen LogP contribution in [0.2, 0.25) is 10.0 Å². The van der Waals surface area contributed by atoms with Crippen LogP contribution < -0.4 is 5.73 Å². The molecule has 0 spiro atoms. The van der Waals surface area contributed by atoms with Gasteiger partial charge in [0, 0.05) is 18.0 Å². The molecule has 0 saturated heterocycles. The SMILES string of the molecule is Nc1onc(-c2cccnc2)c1-c1ccc(Cl)c(Cl)c1. The van der Waals surface area contributed by atoms with Crippen molar-refractivity contribution < 1.29 is 4.52 Å². The third-order valence-corrected chi connectivity index (χ3v) is 3.60. The third kappa shape index (κ3) is 2.24. The monoisotopic (exact) mass is 305 g/mol. The molecule has 2 aromatic heterocycles. The van der Waals surface area contributed by atoms with Crippen LogP contribution in [-0.2, 0) is 0 Å². The Labute approximate surface area is 125 Å². The fourth-order valence-corrected chi connectivity index (χ4v) is 2.23. The molecule has 0 aliphatic heterocycles. The number of nitrogens with two attached hydrogens (primary N) is 1. The van der Waals surface area contributed by atoms with E-state index in [2.05, 4.69) is 10.1 Å². The highest BCUT2D eigenvalue weighted by atomic mass is 35.5. The zero-order valence-electron chi connectivity index (χ0n) is 10.2. The number of benzene rings is 1. The Bertz CT molecular complexity index is 756. The van der Waals surface area contributed by atoms with E-state index in [0.717, 1.165) is 11.1 Å². The first-order valence-electron chi connectivity index (χ1n) is 5.78. The number of hydrogen-bond donors (Lipinski definition) is 1. The lowest BCUT2D eigenvalue weighted by molar-refractivity contribution is 0.439. The van der Waals surface area contributed by atoms with Gasteiger partial charge in [0.15, 0.2) is 0 Å². The molecule has 1 aromatic carbocycles. The topological polar surface area (TPSA) is 64.9 Å². The Balaban J connectivity index is 2.19. The predicted octanol–water partition coefficient (Wildman–Crippen LogP) is 4.29. The van der Waals surface area contributed by atoms with Gasteiger partial charge in [-0.1, -0.05) is 34.4 Å². The first kappa shape index (κ1) is 13.0. The van der Waals surface area contributed by atoms with E-state index in [9.17, 15) is 0 Å². The van der Waals surface area contributed by atoms with E-state index in [-0.39, 0.29) is 5.88 Å². The van der Waals surface area contributed by atoms with E-state index in [1.807, 2.05) is 18.2 Å². The fraction of sp³-hybridized carbons (Fsp3) is 0. The predicted molar refractivity (Wildman–Crippen MR) is 79.6 cm³/mol. The summed E-state index contributed by atoms with van der Waals surface area (Å²) >= 11 is 12.0. The maximum Gasteiger partial charge on any atom is 0.230 e. The minimum absolute atomic E-state index is 0.224. The Morgan fingerprint density at radius 1 is 1.05 bits per heavy atom. The van der Waals surface area contributed by atoms with Crippen LogP contribution in [0, 0.1) is 0 Å². The highest BCUT2D eigenvalue weighted by Gasteiger charge is 2.18. The van der Waals surface area contributed by atoms with Gasteiger partial charge in [-0.05, 0) is 29.8 Å². The number of nitrogen functional groups attached to an aromatic ring is 1. The Morgan fingerprint density at radius 3 is 2.60 bits per heavy atom. The second kappa shape index (κ2) is 5.15. The molecule has 2 heterocycles. The molecule has 0 atom stereocenters. The van der Waals surface area contributed by atoms with Gasteiger partial charge >= 0.3 is 0 Å². The maximum atomic E-state index is 6.05. The second-order valence-electron chi connectivity index (χ2n) is 4.14. The minimum Gasteiger partial charge on any atom is -0.367 e. The summed E-state index contributed by atoms with van der Waals surface area (Å²) in [5.41, 5.74) is 8.77. The number of halogens is 2. The quantitative estimate of drug-likeness (QED) is 0.767. The van der Waals surface area contributed by atoms with Crippen LogP contribution in [0.25, 0.3) is 22.4 Å². The van der Waals surface area contributed by atoms with Crippen LogP contribution in [0.5, 0.6) is 0 Å². The van der Waals surface area contributed by atoms with Gasteiger partial charge in [0.05, 0.1) is 15.6 Å². The molecular weight excluding hydrogens is 297 g/mol. The van der Waals surface area contributed by atoms with Crippen LogP contribution in [-0.4, -0.2) is 10.1 Å². The first-order valence-corrected chi connectivity index (χ1v) is 6.53. The Hall–Kier alpha value is -2.04. The molecule has 0 aliphatic rings. The third-order valence-electron chi connectivity index (χ3n) is 2.86. The summed E-state index contributed by atoms with van der Waals surface area (Å²) in [5.74, 6) is 0.224. The molecule has 100 valence electrons. The molecule has 0 fully saturated rings. The normalized spacial score (nSPS) is 10.7. The fourth-order valence-electron chi connectivity index (χ4n) is 1.93. The van der Waals surface area contributed by atoms with Crippen molar-refractivity contribution in [1.82, 2.24) is 10.1 Å². The van der Waals surface area contributed by atoms with Gasteiger partial charge in [-0.25, -0.2) is 0 Å². The molecule has 0 amide bonds. The molecular formula is C14H9Cl2N3O. The lowest BCUT2D eigenvalue weighted by atomic mass is 10.0. The molecule has 6 heteroatoms. The average Bonchev–Trinajstić information content (AvgIpc) is 2.85. The highest BCUT2D eigenvalue weighted by molar-refractivity contribution is 6.42. The van der Waals surface area contributed by atoms with Crippen LogP contribution in [0.1, 0.15) is 0 Å². The van der Waals surface area contributed by atoms with E-state index in [1.54, 1.807) is 24.5 Å². The van der Waals surface area contributed by atoms with E-state index in [0.29, 0.717) is 21.3 Å². The molecule has 0 aliphatic carbocycles. The molecule has 0 bridgehead atoms. The van der Waals surface area contributed by atoms with Gasteiger partial charge < -0.3 is 10.3 Å². The van der Waals surface area contributed by atoms with Crippen molar-refractivity contribution in [3.05, 3.63) is 52.8 Å². The summed E-state index contributed by atoms with van der Waals surface area (Å²) in [6.45, 7) is 0. The minimum atomic E-state index is 0.224. The molecule has 0 radical (unpaired) electrons. The van der Waals surface area contributed by atoms with Crippen molar-refractivity contribution in [3.63, 3.8) is 0 Å². The standard InChI is InChI=1S/C14H9Cl2N3O/c15-10-4-3-8(6-11(10)16)12-13(19-20-14(12)17)9-2-1-5-18-7-9/h1-7H,17H2. The van der Waals surface area contributed by atoms with E-state index in [1.165, 1.54) is 0 Å². The highest BCUT2D eigenvalue weighted by Crippen LogP contribution is 2.38. The maximum absolute atomic E-state index is 6.05. The molecule has 0 unspecified atom stereocenters. The summed E-state index contributed by atoms with van der Waals surface area (Å²) < 4.78 is 5.10. The van der Waals surface area contributed by atoms with Crippen LogP contribution in [0.4, 0.5) is 5.88 Å². The molecule has 4 nitrogen and oxygen atoms in total. The van der Waals surface area contributed by atoms with Gasteiger partial charge in [0.25, 0.3) is 0 Å². The second-order valence-corrected chi connectivity index (χ2v) is 4.96. The van der Waals surface area contributed by atoms with Crippen LogP contribution >= 0.6 is 23.2 Å². The van der Waals surface area contributed by atoms with Gasteiger partial charge in [0.1, 0.15) is 5.69 Å². The smallest absolute Gasteiger partial charge is 0.230 e. The molecule has 2 N–H and O–H groups in total. The van der Waals surface area contributed by atoms with Crippen molar-refractivity contribution in [2.45, 2.75) is 0 Å². The summed E-state index contributed by atoms with van der Waals surface area (Å²) in [5, 5.41) is 4.92. The van der Waals surface area contributed by atoms with E-state index < -0.39 is 0 Å². The van der Waals surface area contributed by atoms with E-state index >= 15 is 0 Å². The van der Waals surface area contributed by atoms with Crippen molar-refractivity contribution in [2.75, 3.05) is 5.73 Å². The lowest BCUT2D eigenvalue weighted by Gasteiger charge is -2.04. The average molecular weight is 306 g/mol. The number of hydrogen-bond acceptors (Lipinski definition) is 4. The van der Waals surface area contributed by atoms with Crippen molar-refractivity contribution >= 4 is 29.1 Å². The van der Waals surface area contributed by atoms with Crippen LogP contribution in [0.3, 0.4) is 0 Å². The summed E-state index contributed by atoms with van der Waals surface area (Å²) in [6, 6.07) is 8.95. The number of aromatic nitrogens is 2. The van der Waals surface area contributed by atoms with Gasteiger partial charge in [-0.2, -0.15) is 0 Å². The Kier molecular flexibility index (Phi) is 3.34. The zero-order valence-corrected chi connectivity index (χ0v) is 11.7. The molecule has 20 heavy (non-hydrogen) atoms.